The van der Waals surface area contributed by atoms with Crippen molar-refractivity contribution >= 4 is 11.9 Å². The van der Waals surface area contributed by atoms with E-state index in [4.69, 9.17) is 23.7 Å². The van der Waals surface area contributed by atoms with Gasteiger partial charge in [-0.25, -0.2) is 0 Å². The largest absolute Gasteiger partial charge is 0.507 e. The number of aromatic hydroxyl groups is 1. The zero-order valence-corrected chi connectivity index (χ0v) is 20.6. The highest BCUT2D eigenvalue weighted by atomic mass is 16.5. The molecule has 0 unspecified atom stereocenters. The lowest BCUT2D eigenvalue weighted by Crippen LogP contribution is -2.29. The zero-order valence-electron chi connectivity index (χ0n) is 20.6. The average Bonchev–Trinajstić information content (AvgIpc) is 2.86. The lowest BCUT2D eigenvalue weighted by atomic mass is 9.86. The first-order valence-corrected chi connectivity index (χ1v) is 11.1. The van der Waals surface area contributed by atoms with Gasteiger partial charge in [0, 0.05) is 23.8 Å². The molecule has 0 radical (unpaired) electrons. The summed E-state index contributed by atoms with van der Waals surface area (Å²) in [5.74, 6) is 2.01. The third kappa shape index (κ3) is 5.07. The topological polar surface area (TPSA) is 86.7 Å². The highest BCUT2D eigenvalue weighted by Gasteiger charge is 2.28. The van der Waals surface area contributed by atoms with Gasteiger partial charge in [0.2, 0.25) is 0 Å². The lowest BCUT2D eigenvalue weighted by molar-refractivity contribution is 0.104. The minimum absolute atomic E-state index is 0.0431. The number of phenols is 1. The van der Waals surface area contributed by atoms with Crippen LogP contribution in [0.5, 0.6) is 34.5 Å². The van der Waals surface area contributed by atoms with Gasteiger partial charge in [-0.15, -0.1) is 0 Å². The molecule has 0 saturated carbocycles. The van der Waals surface area contributed by atoms with Crippen LogP contribution in [0, 0.1) is 0 Å². The Morgan fingerprint density at radius 2 is 1.56 bits per heavy atom. The summed E-state index contributed by atoms with van der Waals surface area (Å²) in [6.45, 7) is 1.95. The molecule has 1 N–H and O–H groups in total. The fraction of sp³-hybridized carbons (Fsp3) is 0.423. The summed E-state index contributed by atoms with van der Waals surface area (Å²) in [6.07, 6.45) is 4.94. The van der Waals surface area contributed by atoms with Gasteiger partial charge in [-0.2, -0.15) is 0 Å². The van der Waals surface area contributed by atoms with Crippen molar-refractivity contribution < 1.29 is 33.6 Å². The molecule has 0 aromatic heterocycles. The first-order valence-electron chi connectivity index (χ1n) is 11.1. The summed E-state index contributed by atoms with van der Waals surface area (Å²) in [6, 6.07) is 4.75. The number of piperidine rings is 1. The number of methoxy groups -OCH3 is 5. The molecule has 8 nitrogen and oxygen atoms in total. The van der Waals surface area contributed by atoms with Crippen molar-refractivity contribution in [3.8, 4) is 34.5 Å². The van der Waals surface area contributed by atoms with Gasteiger partial charge in [0.1, 0.15) is 40.1 Å². The molecule has 0 spiro atoms. The molecular formula is C26H33NO7. The standard InChI is InChI=1S/C26H33NO7/c1-27-11-9-16(10-12-27)24-23(33-5)15-21(31-3)18(26(24)34-6)7-8-19(28)25-20(29)13-17(30-2)14-22(25)32-4/h7-8,13-16,29H,9-12H2,1-6H3/b8-7+. The van der Waals surface area contributed by atoms with E-state index in [1.807, 2.05) is 6.07 Å². The van der Waals surface area contributed by atoms with Crippen LogP contribution in [0.4, 0.5) is 0 Å². The monoisotopic (exact) mass is 471 g/mol. The minimum Gasteiger partial charge on any atom is -0.507 e. The van der Waals surface area contributed by atoms with Crippen LogP contribution in [0.25, 0.3) is 6.08 Å². The number of allylic oxidation sites excluding steroid dienone is 1. The second-order valence-corrected chi connectivity index (χ2v) is 8.14. The summed E-state index contributed by atoms with van der Waals surface area (Å²) in [7, 11) is 9.80. The average molecular weight is 472 g/mol. The van der Waals surface area contributed by atoms with E-state index in [1.54, 1.807) is 33.5 Å². The van der Waals surface area contributed by atoms with Crippen LogP contribution < -0.4 is 23.7 Å². The van der Waals surface area contributed by atoms with Crippen molar-refractivity contribution in [2.24, 2.45) is 0 Å². The van der Waals surface area contributed by atoms with Crippen molar-refractivity contribution in [2.45, 2.75) is 18.8 Å². The first-order chi connectivity index (χ1) is 16.4. The van der Waals surface area contributed by atoms with Crippen LogP contribution in [0.15, 0.2) is 24.3 Å². The molecule has 1 aliphatic rings. The first kappa shape index (κ1) is 25.2. The van der Waals surface area contributed by atoms with Crippen molar-refractivity contribution in [1.29, 1.82) is 0 Å². The molecule has 2 aromatic rings. The predicted octanol–water partition coefficient (Wildman–Crippen LogP) is 4.14. The molecule has 1 aliphatic heterocycles. The molecule has 0 aliphatic carbocycles. The second-order valence-electron chi connectivity index (χ2n) is 8.14. The Morgan fingerprint density at radius 3 is 2.12 bits per heavy atom. The van der Waals surface area contributed by atoms with Crippen molar-refractivity contribution in [2.75, 3.05) is 55.7 Å². The van der Waals surface area contributed by atoms with Gasteiger partial charge in [-0.1, -0.05) is 0 Å². The maximum atomic E-state index is 13.1. The van der Waals surface area contributed by atoms with E-state index >= 15 is 0 Å². The number of rotatable bonds is 9. The van der Waals surface area contributed by atoms with Gasteiger partial charge >= 0.3 is 0 Å². The van der Waals surface area contributed by atoms with Gasteiger partial charge in [-0.05, 0) is 51.0 Å². The summed E-state index contributed by atoms with van der Waals surface area (Å²) in [5.41, 5.74) is 1.64. The molecule has 3 rings (SSSR count). The minimum atomic E-state index is -0.433. The van der Waals surface area contributed by atoms with Gasteiger partial charge < -0.3 is 33.7 Å². The Bertz CT molecular complexity index is 1060. The highest BCUT2D eigenvalue weighted by molar-refractivity contribution is 6.11. The Hall–Kier alpha value is -3.39. The normalized spacial score (nSPS) is 14.8. The highest BCUT2D eigenvalue weighted by Crippen LogP contribution is 2.46. The summed E-state index contributed by atoms with van der Waals surface area (Å²) in [4.78, 5) is 15.4. The van der Waals surface area contributed by atoms with E-state index in [2.05, 4.69) is 11.9 Å². The second kappa shape index (κ2) is 11.2. The molecule has 0 atom stereocenters. The van der Waals surface area contributed by atoms with E-state index in [0.717, 1.165) is 31.5 Å². The summed E-state index contributed by atoms with van der Waals surface area (Å²) >= 11 is 0. The molecule has 1 fully saturated rings. The van der Waals surface area contributed by atoms with E-state index < -0.39 is 5.78 Å². The van der Waals surface area contributed by atoms with Gasteiger partial charge in [0.05, 0.1) is 41.1 Å². The molecule has 0 bridgehead atoms. The molecule has 1 saturated heterocycles. The number of nitrogens with zero attached hydrogens (tertiary/aromatic N) is 1. The van der Waals surface area contributed by atoms with E-state index in [0.29, 0.717) is 28.6 Å². The third-order valence-electron chi connectivity index (χ3n) is 6.21. The number of phenolic OH excluding ortho intramolecular Hbond substituents is 1. The number of ketones is 1. The van der Waals surface area contributed by atoms with Crippen LogP contribution in [0.3, 0.4) is 0 Å². The summed E-state index contributed by atoms with van der Waals surface area (Å²) < 4.78 is 27.6. The number of hydrogen-bond acceptors (Lipinski definition) is 8. The quantitative estimate of drug-likeness (QED) is 0.431. The molecule has 34 heavy (non-hydrogen) atoms. The smallest absolute Gasteiger partial charge is 0.193 e. The van der Waals surface area contributed by atoms with Crippen molar-refractivity contribution in [3.63, 3.8) is 0 Å². The zero-order chi connectivity index (χ0) is 24.8. The van der Waals surface area contributed by atoms with Crippen LogP contribution in [0.1, 0.15) is 40.2 Å². The van der Waals surface area contributed by atoms with E-state index in [1.165, 1.54) is 26.4 Å². The molecule has 0 amide bonds. The number of hydrogen-bond donors (Lipinski definition) is 1. The summed E-state index contributed by atoms with van der Waals surface area (Å²) in [5, 5.41) is 10.4. The number of carbonyl (C=O) groups excluding carboxylic acids is 1. The van der Waals surface area contributed by atoms with Crippen molar-refractivity contribution in [1.82, 2.24) is 4.90 Å². The Labute approximate surface area is 200 Å². The SMILES string of the molecule is COc1cc(O)c(C(=O)/C=C/c2c(OC)cc(OC)c(C3CCN(C)CC3)c2OC)c(OC)c1. The van der Waals surface area contributed by atoms with Gasteiger partial charge in [-0.3, -0.25) is 4.79 Å². The molecule has 2 aromatic carbocycles. The molecule has 1 heterocycles. The Kier molecular flexibility index (Phi) is 8.28. The van der Waals surface area contributed by atoms with E-state index in [-0.39, 0.29) is 23.0 Å². The maximum Gasteiger partial charge on any atom is 0.193 e. The number of carbonyl (C=O) groups is 1. The van der Waals surface area contributed by atoms with Gasteiger partial charge in [0.15, 0.2) is 5.78 Å². The van der Waals surface area contributed by atoms with Crippen LogP contribution in [0.2, 0.25) is 0 Å². The fourth-order valence-corrected chi connectivity index (χ4v) is 4.39. The number of ether oxygens (including phenoxy) is 5. The number of benzene rings is 2. The molecule has 8 heteroatoms. The lowest BCUT2D eigenvalue weighted by Gasteiger charge is -2.31. The Morgan fingerprint density at radius 1 is 0.912 bits per heavy atom. The van der Waals surface area contributed by atoms with Crippen molar-refractivity contribution in [3.05, 3.63) is 41.0 Å². The van der Waals surface area contributed by atoms with Gasteiger partial charge in [0.25, 0.3) is 0 Å². The Balaban J connectivity index is 2.07. The molecule has 184 valence electrons. The third-order valence-corrected chi connectivity index (χ3v) is 6.21. The number of likely N-dealkylation sites (tertiary alicyclic amines) is 1. The van der Waals surface area contributed by atoms with Crippen LogP contribution in [-0.2, 0) is 0 Å². The van der Waals surface area contributed by atoms with E-state index in [9.17, 15) is 9.90 Å². The fourth-order valence-electron chi connectivity index (χ4n) is 4.39. The maximum absolute atomic E-state index is 13.1. The van der Waals surface area contributed by atoms with Crippen LogP contribution >= 0.6 is 0 Å². The molecular weight excluding hydrogens is 438 g/mol. The predicted molar refractivity (Wildman–Crippen MR) is 130 cm³/mol. The van der Waals surface area contributed by atoms with Crippen LogP contribution in [-0.4, -0.2) is 71.5 Å².